The standard InChI is InChI=1S/C21H23ClN2O4S/c1-5-28-12-11-24-18-13(2)15(22)9-10-17(18)29-21(24)23-20(25)14-7-6-8-16(26-3)19(14)27-4/h6-10H,5,11-12H2,1-4H3. The molecule has 0 unspecified atom stereocenters. The van der Waals surface area contributed by atoms with Gasteiger partial charge in [-0.05, 0) is 43.7 Å². The second kappa shape index (κ2) is 9.43. The van der Waals surface area contributed by atoms with Crippen molar-refractivity contribution in [2.45, 2.75) is 20.4 Å². The minimum atomic E-state index is -0.402. The first-order chi connectivity index (χ1) is 14.0. The minimum Gasteiger partial charge on any atom is -0.493 e. The molecule has 1 heterocycles. The van der Waals surface area contributed by atoms with Crippen LogP contribution in [0.1, 0.15) is 22.8 Å². The number of thiazole rings is 1. The van der Waals surface area contributed by atoms with E-state index in [1.54, 1.807) is 18.2 Å². The average molecular weight is 435 g/mol. The second-order valence-electron chi connectivity index (χ2n) is 6.21. The number of amides is 1. The van der Waals surface area contributed by atoms with Gasteiger partial charge < -0.3 is 18.8 Å². The maximum Gasteiger partial charge on any atom is 0.283 e. The first-order valence-corrected chi connectivity index (χ1v) is 10.4. The van der Waals surface area contributed by atoms with Gasteiger partial charge in [-0.3, -0.25) is 4.79 Å². The van der Waals surface area contributed by atoms with E-state index in [2.05, 4.69) is 4.99 Å². The fourth-order valence-corrected chi connectivity index (χ4v) is 4.38. The van der Waals surface area contributed by atoms with E-state index in [1.807, 2.05) is 30.5 Å². The summed E-state index contributed by atoms with van der Waals surface area (Å²) in [7, 11) is 3.03. The van der Waals surface area contributed by atoms with E-state index in [0.717, 1.165) is 15.8 Å². The molecule has 0 N–H and O–H groups in total. The number of methoxy groups -OCH3 is 2. The molecule has 6 nitrogen and oxygen atoms in total. The number of benzene rings is 2. The summed E-state index contributed by atoms with van der Waals surface area (Å²) < 4.78 is 19.2. The number of para-hydroxylation sites is 1. The molecule has 0 aliphatic carbocycles. The van der Waals surface area contributed by atoms with Gasteiger partial charge in [0.2, 0.25) is 0 Å². The van der Waals surface area contributed by atoms with Crippen molar-refractivity contribution >= 4 is 39.1 Å². The van der Waals surface area contributed by atoms with Gasteiger partial charge >= 0.3 is 0 Å². The van der Waals surface area contributed by atoms with Crippen LogP contribution >= 0.6 is 22.9 Å². The summed E-state index contributed by atoms with van der Waals surface area (Å²) in [6.45, 7) is 5.61. The molecule has 0 saturated carbocycles. The second-order valence-corrected chi connectivity index (χ2v) is 7.63. The Balaban J connectivity index is 2.16. The average Bonchev–Trinajstić information content (AvgIpc) is 3.07. The summed E-state index contributed by atoms with van der Waals surface area (Å²) in [6, 6.07) is 8.96. The van der Waals surface area contributed by atoms with Crippen LogP contribution < -0.4 is 14.3 Å². The van der Waals surface area contributed by atoms with E-state index in [9.17, 15) is 4.79 Å². The monoisotopic (exact) mass is 434 g/mol. The molecule has 0 atom stereocenters. The first-order valence-electron chi connectivity index (χ1n) is 9.18. The molecule has 0 radical (unpaired) electrons. The highest BCUT2D eigenvalue weighted by atomic mass is 35.5. The SMILES string of the molecule is CCOCCn1c(=NC(=O)c2cccc(OC)c2OC)sc2ccc(Cl)c(C)c21. The Labute approximate surface area is 178 Å². The maximum absolute atomic E-state index is 13.0. The molecule has 0 saturated heterocycles. The molecule has 0 aliphatic rings. The van der Waals surface area contributed by atoms with Crippen LogP contribution in [0, 0.1) is 6.92 Å². The van der Waals surface area contributed by atoms with Crippen molar-refractivity contribution < 1.29 is 19.0 Å². The molecule has 8 heteroatoms. The van der Waals surface area contributed by atoms with Crippen LogP contribution in [0.3, 0.4) is 0 Å². The zero-order valence-electron chi connectivity index (χ0n) is 16.8. The van der Waals surface area contributed by atoms with Crippen LogP contribution in [0.15, 0.2) is 35.3 Å². The van der Waals surface area contributed by atoms with Gasteiger partial charge in [0.1, 0.15) is 0 Å². The summed E-state index contributed by atoms with van der Waals surface area (Å²) in [5.41, 5.74) is 2.26. The Morgan fingerprint density at radius 1 is 1.21 bits per heavy atom. The third-order valence-corrected chi connectivity index (χ3v) is 5.98. The Hall–Kier alpha value is -2.35. The third kappa shape index (κ3) is 4.32. The number of aryl methyl sites for hydroxylation is 1. The topological polar surface area (TPSA) is 62.1 Å². The number of carbonyl (C=O) groups is 1. The number of halogens is 1. The highest BCUT2D eigenvalue weighted by Crippen LogP contribution is 2.31. The van der Waals surface area contributed by atoms with E-state index >= 15 is 0 Å². The van der Waals surface area contributed by atoms with Crippen LogP contribution in [0.2, 0.25) is 5.02 Å². The normalized spacial score (nSPS) is 11.8. The molecular weight excluding hydrogens is 412 g/mol. The smallest absolute Gasteiger partial charge is 0.283 e. The van der Waals surface area contributed by atoms with Gasteiger partial charge in [0.25, 0.3) is 5.91 Å². The number of aromatic nitrogens is 1. The number of rotatable bonds is 7. The molecule has 1 aromatic heterocycles. The number of hydrogen-bond donors (Lipinski definition) is 0. The van der Waals surface area contributed by atoms with Crippen molar-refractivity contribution in [2.75, 3.05) is 27.4 Å². The number of carbonyl (C=O) groups excluding carboxylic acids is 1. The summed E-state index contributed by atoms with van der Waals surface area (Å²) in [6.07, 6.45) is 0. The lowest BCUT2D eigenvalue weighted by Gasteiger charge is -2.10. The molecule has 1 amide bonds. The Morgan fingerprint density at radius 2 is 2.00 bits per heavy atom. The van der Waals surface area contributed by atoms with E-state index in [4.69, 9.17) is 25.8 Å². The summed E-state index contributed by atoms with van der Waals surface area (Å²) in [4.78, 5) is 18.0. The quantitative estimate of drug-likeness (QED) is 0.515. The first kappa shape index (κ1) is 21.4. The molecule has 3 rings (SSSR count). The van der Waals surface area contributed by atoms with Gasteiger partial charge in [0.15, 0.2) is 16.3 Å². The van der Waals surface area contributed by atoms with Crippen molar-refractivity contribution in [2.24, 2.45) is 4.99 Å². The van der Waals surface area contributed by atoms with Gasteiger partial charge in [0.05, 0.1) is 36.6 Å². The number of hydrogen-bond acceptors (Lipinski definition) is 5. The lowest BCUT2D eigenvalue weighted by Crippen LogP contribution is -2.20. The zero-order valence-corrected chi connectivity index (χ0v) is 18.4. The fourth-order valence-electron chi connectivity index (χ4n) is 3.11. The lowest BCUT2D eigenvalue weighted by atomic mass is 10.2. The van der Waals surface area contributed by atoms with Gasteiger partial charge in [0, 0.05) is 18.2 Å². The Morgan fingerprint density at radius 3 is 2.69 bits per heavy atom. The Bertz CT molecular complexity index is 1100. The molecule has 0 spiro atoms. The number of nitrogens with zero attached hydrogens (tertiary/aromatic N) is 2. The maximum atomic E-state index is 13.0. The number of fused-ring (bicyclic) bond motifs is 1. The molecule has 0 aliphatic heterocycles. The van der Waals surface area contributed by atoms with Crippen LogP contribution in [-0.2, 0) is 11.3 Å². The van der Waals surface area contributed by atoms with Crippen LogP contribution in [0.4, 0.5) is 0 Å². The summed E-state index contributed by atoms with van der Waals surface area (Å²) in [5.74, 6) is 0.447. The molecular formula is C21H23ClN2O4S. The van der Waals surface area contributed by atoms with Gasteiger partial charge in [-0.15, -0.1) is 0 Å². The molecule has 2 aromatic carbocycles. The number of ether oxygens (including phenoxy) is 3. The molecule has 29 heavy (non-hydrogen) atoms. The zero-order chi connectivity index (χ0) is 21.0. The summed E-state index contributed by atoms with van der Waals surface area (Å²) >= 11 is 7.78. The van der Waals surface area contributed by atoms with Crippen LogP contribution in [0.25, 0.3) is 10.2 Å². The van der Waals surface area contributed by atoms with Crippen molar-refractivity contribution in [3.63, 3.8) is 0 Å². The molecule has 0 bridgehead atoms. The van der Waals surface area contributed by atoms with Crippen molar-refractivity contribution in [1.29, 1.82) is 0 Å². The highest BCUT2D eigenvalue weighted by molar-refractivity contribution is 7.16. The van der Waals surface area contributed by atoms with Crippen molar-refractivity contribution in [3.8, 4) is 11.5 Å². The van der Waals surface area contributed by atoms with E-state index in [-0.39, 0.29) is 0 Å². The van der Waals surface area contributed by atoms with Gasteiger partial charge in [-0.1, -0.05) is 29.0 Å². The van der Waals surface area contributed by atoms with Crippen molar-refractivity contribution in [3.05, 3.63) is 51.3 Å². The largest absolute Gasteiger partial charge is 0.493 e. The van der Waals surface area contributed by atoms with E-state index < -0.39 is 5.91 Å². The minimum absolute atomic E-state index is 0.343. The van der Waals surface area contributed by atoms with Crippen molar-refractivity contribution in [1.82, 2.24) is 4.57 Å². The lowest BCUT2D eigenvalue weighted by molar-refractivity contribution is 0.0993. The highest BCUT2D eigenvalue weighted by Gasteiger charge is 2.17. The van der Waals surface area contributed by atoms with Gasteiger partial charge in [-0.2, -0.15) is 4.99 Å². The third-order valence-electron chi connectivity index (χ3n) is 4.52. The molecule has 154 valence electrons. The van der Waals surface area contributed by atoms with Crippen LogP contribution in [-0.4, -0.2) is 37.9 Å². The predicted octanol–water partition coefficient (Wildman–Crippen LogP) is 4.46. The summed E-state index contributed by atoms with van der Waals surface area (Å²) in [5, 5.41) is 0.674. The predicted molar refractivity (Wildman–Crippen MR) is 115 cm³/mol. The van der Waals surface area contributed by atoms with E-state index in [0.29, 0.717) is 46.6 Å². The van der Waals surface area contributed by atoms with E-state index in [1.165, 1.54) is 25.6 Å². The van der Waals surface area contributed by atoms with Crippen LogP contribution in [0.5, 0.6) is 11.5 Å². The molecule has 0 fully saturated rings. The fraction of sp³-hybridized carbons (Fsp3) is 0.333. The van der Waals surface area contributed by atoms with Gasteiger partial charge in [-0.25, -0.2) is 0 Å². The molecule has 3 aromatic rings. The Kier molecular flexibility index (Phi) is 6.95.